The fourth-order valence-corrected chi connectivity index (χ4v) is 2.33. The molecule has 0 radical (unpaired) electrons. The number of ether oxygens (including phenoxy) is 1. The lowest BCUT2D eigenvalue weighted by atomic mass is 10.1. The molecular weight excluding hydrogens is 280 g/mol. The van der Waals surface area contributed by atoms with Crippen LogP contribution in [0.25, 0.3) is 0 Å². The van der Waals surface area contributed by atoms with Crippen LogP contribution < -0.4 is 10.6 Å². The van der Waals surface area contributed by atoms with E-state index in [1.54, 1.807) is 0 Å². The average molecular weight is 301 g/mol. The molecular formula is C13H21BrN2O. The zero-order valence-corrected chi connectivity index (χ0v) is 12.3. The van der Waals surface area contributed by atoms with E-state index in [1.807, 2.05) is 13.8 Å². The topological polar surface area (TPSA) is 38.5 Å². The van der Waals surface area contributed by atoms with Crippen molar-refractivity contribution in [3.63, 3.8) is 0 Å². The molecule has 0 spiro atoms. The second kappa shape index (κ2) is 6.99. The Bertz CT molecular complexity index is 355. The van der Waals surface area contributed by atoms with Gasteiger partial charge in [-0.25, -0.2) is 0 Å². The minimum Gasteiger partial charge on any atom is -0.380 e. The number of halogens is 1. The number of hydrogen-bond donors (Lipinski definition) is 1. The smallest absolute Gasteiger partial charge is 0.0641 e. The van der Waals surface area contributed by atoms with Crippen LogP contribution in [0.15, 0.2) is 22.7 Å². The molecule has 0 aliphatic carbocycles. The van der Waals surface area contributed by atoms with Crippen LogP contribution in [0.4, 0.5) is 5.69 Å². The van der Waals surface area contributed by atoms with Crippen molar-refractivity contribution in [2.45, 2.75) is 19.9 Å². The van der Waals surface area contributed by atoms with E-state index < -0.39 is 0 Å². The van der Waals surface area contributed by atoms with Gasteiger partial charge < -0.3 is 15.4 Å². The summed E-state index contributed by atoms with van der Waals surface area (Å²) in [6.45, 7) is 6.39. The molecule has 0 aromatic heterocycles. The van der Waals surface area contributed by atoms with Crippen molar-refractivity contribution in [1.29, 1.82) is 0 Å². The van der Waals surface area contributed by atoms with Gasteiger partial charge in [0.1, 0.15) is 0 Å². The van der Waals surface area contributed by atoms with Crippen molar-refractivity contribution in [2.75, 3.05) is 31.7 Å². The molecule has 17 heavy (non-hydrogen) atoms. The number of likely N-dealkylation sites (N-methyl/N-ethyl adjacent to an activating group) is 1. The van der Waals surface area contributed by atoms with Crippen LogP contribution >= 0.6 is 15.9 Å². The molecule has 4 heteroatoms. The lowest BCUT2D eigenvalue weighted by Crippen LogP contribution is -2.22. The second-order valence-corrected chi connectivity index (χ2v) is 4.97. The Kier molecular flexibility index (Phi) is 5.95. The van der Waals surface area contributed by atoms with E-state index in [9.17, 15) is 0 Å². The third-order valence-electron chi connectivity index (χ3n) is 2.69. The van der Waals surface area contributed by atoms with Gasteiger partial charge in [0.05, 0.1) is 6.61 Å². The van der Waals surface area contributed by atoms with Gasteiger partial charge in [-0.1, -0.05) is 22.0 Å². The lowest BCUT2D eigenvalue weighted by molar-refractivity contribution is 0.154. The van der Waals surface area contributed by atoms with Gasteiger partial charge in [0.2, 0.25) is 0 Å². The van der Waals surface area contributed by atoms with Crippen molar-refractivity contribution in [3.05, 3.63) is 28.2 Å². The molecule has 0 amide bonds. The summed E-state index contributed by atoms with van der Waals surface area (Å²) in [6.07, 6.45) is 0. The van der Waals surface area contributed by atoms with Crippen LogP contribution in [0.1, 0.15) is 25.5 Å². The van der Waals surface area contributed by atoms with Gasteiger partial charge >= 0.3 is 0 Å². The van der Waals surface area contributed by atoms with Gasteiger partial charge in [-0.3, -0.25) is 0 Å². The van der Waals surface area contributed by atoms with Gasteiger partial charge in [-0.15, -0.1) is 0 Å². The highest BCUT2D eigenvalue weighted by molar-refractivity contribution is 9.10. The summed E-state index contributed by atoms with van der Waals surface area (Å²) in [5, 5.41) is 0. The Balaban J connectivity index is 2.69. The van der Waals surface area contributed by atoms with E-state index in [4.69, 9.17) is 10.5 Å². The van der Waals surface area contributed by atoms with E-state index in [2.05, 4.69) is 46.1 Å². The predicted octanol–water partition coefficient (Wildman–Crippen LogP) is 2.94. The molecule has 1 aromatic rings. The van der Waals surface area contributed by atoms with Crippen LogP contribution in [0, 0.1) is 0 Å². The van der Waals surface area contributed by atoms with Gasteiger partial charge in [0, 0.05) is 36.4 Å². The molecule has 96 valence electrons. The average Bonchev–Trinajstić information content (AvgIpc) is 2.28. The van der Waals surface area contributed by atoms with Crippen LogP contribution in [-0.4, -0.2) is 26.8 Å². The Morgan fingerprint density at radius 3 is 2.71 bits per heavy atom. The standard InChI is InChI=1S/C13H21BrN2O/c1-4-17-8-7-16(3)11-5-6-12(10(2)15)13(14)9-11/h5-6,9-10H,4,7-8,15H2,1-3H3/t10-/m1/s1. The van der Waals surface area contributed by atoms with Gasteiger partial charge in [0.25, 0.3) is 0 Å². The summed E-state index contributed by atoms with van der Waals surface area (Å²) in [4.78, 5) is 2.17. The molecule has 0 heterocycles. The van der Waals surface area contributed by atoms with E-state index in [0.717, 1.165) is 29.8 Å². The minimum atomic E-state index is 0.0483. The van der Waals surface area contributed by atoms with E-state index >= 15 is 0 Å². The second-order valence-electron chi connectivity index (χ2n) is 4.11. The first-order valence-electron chi connectivity index (χ1n) is 5.90. The van der Waals surface area contributed by atoms with E-state index in [0.29, 0.717) is 0 Å². The third-order valence-corrected chi connectivity index (χ3v) is 3.38. The maximum absolute atomic E-state index is 5.88. The molecule has 2 N–H and O–H groups in total. The Labute approximate surface area is 112 Å². The molecule has 1 aromatic carbocycles. The molecule has 3 nitrogen and oxygen atoms in total. The Hall–Kier alpha value is -0.580. The summed E-state index contributed by atoms with van der Waals surface area (Å²) in [6, 6.07) is 6.31. The number of rotatable bonds is 6. The number of anilines is 1. The fraction of sp³-hybridized carbons (Fsp3) is 0.538. The fourth-order valence-electron chi connectivity index (χ4n) is 1.60. The van der Waals surface area contributed by atoms with Crippen molar-refractivity contribution in [2.24, 2.45) is 5.73 Å². The summed E-state index contributed by atoms with van der Waals surface area (Å²) >= 11 is 3.56. The largest absolute Gasteiger partial charge is 0.380 e. The van der Waals surface area contributed by atoms with Gasteiger partial charge in [0.15, 0.2) is 0 Å². The third kappa shape index (κ3) is 4.30. The molecule has 0 aliphatic heterocycles. The van der Waals surface area contributed by atoms with Crippen LogP contribution in [-0.2, 0) is 4.74 Å². The first kappa shape index (κ1) is 14.5. The highest BCUT2D eigenvalue weighted by Crippen LogP contribution is 2.26. The maximum Gasteiger partial charge on any atom is 0.0641 e. The summed E-state index contributed by atoms with van der Waals surface area (Å²) < 4.78 is 6.41. The molecule has 0 saturated heterocycles. The zero-order chi connectivity index (χ0) is 12.8. The number of nitrogens with two attached hydrogens (primary N) is 1. The molecule has 1 rings (SSSR count). The summed E-state index contributed by atoms with van der Waals surface area (Å²) in [5.74, 6) is 0. The minimum absolute atomic E-state index is 0.0483. The molecule has 0 bridgehead atoms. The maximum atomic E-state index is 5.88. The Morgan fingerprint density at radius 1 is 1.47 bits per heavy atom. The van der Waals surface area contributed by atoms with Gasteiger partial charge in [-0.05, 0) is 31.5 Å². The molecule has 0 aliphatic rings. The normalized spacial score (nSPS) is 12.5. The first-order chi connectivity index (χ1) is 8.06. The SMILES string of the molecule is CCOCCN(C)c1ccc([C@@H](C)N)c(Br)c1. The highest BCUT2D eigenvalue weighted by atomic mass is 79.9. The van der Waals surface area contributed by atoms with E-state index in [-0.39, 0.29) is 6.04 Å². The van der Waals surface area contributed by atoms with Crippen molar-refractivity contribution in [3.8, 4) is 0 Å². The molecule has 0 fully saturated rings. The van der Waals surface area contributed by atoms with Crippen LogP contribution in [0.5, 0.6) is 0 Å². The van der Waals surface area contributed by atoms with Crippen molar-refractivity contribution >= 4 is 21.6 Å². The molecule has 1 atom stereocenters. The van der Waals surface area contributed by atoms with Crippen LogP contribution in [0.3, 0.4) is 0 Å². The summed E-state index contributed by atoms with van der Waals surface area (Å²) in [7, 11) is 2.06. The first-order valence-corrected chi connectivity index (χ1v) is 6.69. The monoisotopic (exact) mass is 300 g/mol. The number of hydrogen-bond acceptors (Lipinski definition) is 3. The number of benzene rings is 1. The quantitative estimate of drug-likeness (QED) is 0.821. The van der Waals surface area contributed by atoms with E-state index in [1.165, 1.54) is 5.69 Å². The van der Waals surface area contributed by atoms with Gasteiger partial charge in [-0.2, -0.15) is 0 Å². The lowest BCUT2D eigenvalue weighted by Gasteiger charge is -2.20. The molecule has 0 unspecified atom stereocenters. The Morgan fingerprint density at radius 2 is 2.18 bits per heavy atom. The van der Waals surface area contributed by atoms with Crippen LogP contribution in [0.2, 0.25) is 0 Å². The molecule has 0 saturated carbocycles. The van der Waals surface area contributed by atoms with Crippen molar-refractivity contribution in [1.82, 2.24) is 0 Å². The number of nitrogens with zero attached hydrogens (tertiary/aromatic N) is 1. The van der Waals surface area contributed by atoms with Crippen molar-refractivity contribution < 1.29 is 4.74 Å². The summed E-state index contributed by atoms with van der Waals surface area (Å²) in [5.41, 5.74) is 8.17. The predicted molar refractivity (Wildman–Crippen MR) is 76.5 cm³/mol. The highest BCUT2D eigenvalue weighted by Gasteiger charge is 2.07. The zero-order valence-electron chi connectivity index (χ0n) is 10.7.